The first-order chi connectivity index (χ1) is 9.38. The van der Waals surface area contributed by atoms with E-state index in [9.17, 15) is 9.59 Å². The van der Waals surface area contributed by atoms with Crippen LogP contribution in [0.3, 0.4) is 0 Å². The number of carboxylic acid groups (broad SMARTS) is 1. The summed E-state index contributed by atoms with van der Waals surface area (Å²) in [6.07, 6.45) is -0.115. The second kappa shape index (κ2) is 7.53. The molecule has 0 atom stereocenters. The van der Waals surface area contributed by atoms with Crippen molar-refractivity contribution in [1.82, 2.24) is 4.90 Å². The van der Waals surface area contributed by atoms with Crippen molar-refractivity contribution >= 4 is 11.9 Å². The Labute approximate surface area is 119 Å². The highest BCUT2D eigenvalue weighted by Crippen LogP contribution is 2.16. The van der Waals surface area contributed by atoms with Crippen molar-refractivity contribution in [3.63, 3.8) is 0 Å². The molecule has 0 spiro atoms. The molecule has 0 saturated carbocycles. The number of carbonyl (C=O) groups is 2. The summed E-state index contributed by atoms with van der Waals surface area (Å²) >= 11 is 0. The number of carbonyl (C=O) groups excluding carboxylic acids is 1. The smallest absolute Gasteiger partial charge is 0.303 e. The summed E-state index contributed by atoms with van der Waals surface area (Å²) in [7, 11) is 1.65. The maximum absolute atomic E-state index is 11.6. The Morgan fingerprint density at radius 1 is 1.15 bits per heavy atom. The predicted octanol–water partition coefficient (Wildman–Crippen LogP) is 2.01. The Morgan fingerprint density at radius 3 is 2.30 bits per heavy atom. The SMILES string of the molecule is Cc1cc(C)cc(OCCN(C)C(=O)CCC(=O)O)c1. The van der Waals surface area contributed by atoms with Crippen LogP contribution in [0.15, 0.2) is 18.2 Å². The summed E-state index contributed by atoms with van der Waals surface area (Å²) in [4.78, 5) is 23.5. The Hall–Kier alpha value is -2.04. The molecule has 1 amide bonds. The molecule has 5 heteroatoms. The van der Waals surface area contributed by atoms with Gasteiger partial charge < -0.3 is 14.7 Å². The van der Waals surface area contributed by atoms with Crippen LogP contribution in [0.5, 0.6) is 5.75 Å². The molecule has 0 radical (unpaired) electrons. The Morgan fingerprint density at radius 2 is 1.75 bits per heavy atom. The molecule has 1 aromatic rings. The molecular formula is C15H21NO4. The van der Waals surface area contributed by atoms with Crippen molar-refractivity contribution in [2.45, 2.75) is 26.7 Å². The van der Waals surface area contributed by atoms with Gasteiger partial charge in [0, 0.05) is 13.5 Å². The van der Waals surface area contributed by atoms with E-state index in [-0.39, 0.29) is 18.7 Å². The first-order valence-corrected chi connectivity index (χ1v) is 6.55. The number of ether oxygens (including phenoxy) is 1. The summed E-state index contributed by atoms with van der Waals surface area (Å²) in [5.74, 6) is -0.358. The second-order valence-electron chi connectivity index (χ2n) is 4.88. The van der Waals surface area contributed by atoms with Crippen LogP contribution >= 0.6 is 0 Å². The maximum Gasteiger partial charge on any atom is 0.303 e. The van der Waals surface area contributed by atoms with Crippen LogP contribution in [0, 0.1) is 13.8 Å². The van der Waals surface area contributed by atoms with Gasteiger partial charge in [-0.1, -0.05) is 6.07 Å². The van der Waals surface area contributed by atoms with E-state index in [0.29, 0.717) is 13.2 Å². The third-order valence-electron chi connectivity index (χ3n) is 2.87. The van der Waals surface area contributed by atoms with Gasteiger partial charge in [0.05, 0.1) is 13.0 Å². The summed E-state index contributed by atoms with van der Waals surface area (Å²) in [5, 5.41) is 8.53. The predicted molar refractivity (Wildman–Crippen MR) is 75.9 cm³/mol. The van der Waals surface area contributed by atoms with Gasteiger partial charge in [-0.15, -0.1) is 0 Å². The zero-order chi connectivity index (χ0) is 15.1. The van der Waals surface area contributed by atoms with Crippen molar-refractivity contribution in [3.05, 3.63) is 29.3 Å². The van der Waals surface area contributed by atoms with Crippen molar-refractivity contribution < 1.29 is 19.4 Å². The fourth-order valence-electron chi connectivity index (χ4n) is 1.85. The van der Waals surface area contributed by atoms with Crippen LogP contribution < -0.4 is 4.74 Å². The molecule has 1 rings (SSSR count). The molecule has 1 N–H and O–H groups in total. The van der Waals surface area contributed by atoms with Gasteiger partial charge in [-0.05, 0) is 37.1 Å². The Balaban J connectivity index is 2.36. The maximum atomic E-state index is 11.6. The van der Waals surface area contributed by atoms with Gasteiger partial charge in [0.2, 0.25) is 5.91 Å². The normalized spacial score (nSPS) is 10.2. The molecule has 0 saturated heterocycles. The highest BCUT2D eigenvalue weighted by molar-refractivity contribution is 5.80. The fraction of sp³-hybridized carbons (Fsp3) is 0.467. The summed E-state index contributed by atoms with van der Waals surface area (Å²) in [6.45, 7) is 4.83. The highest BCUT2D eigenvalue weighted by atomic mass is 16.5. The second-order valence-corrected chi connectivity index (χ2v) is 4.88. The molecule has 0 aromatic heterocycles. The summed E-state index contributed by atoms with van der Waals surface area (Å²) in [6, 6.07) is 5.95. The van der Waals surface area contributed by atoms with Gasteiger partial charge in [0.15, 0.2) is 0 Å². The first-order valence-electron chi connectivity index (χ1n) is 6.55. The van der Waals surface area contributed by atoms with Crippen LogP contribution in [0.2, 0.25) is 0 Å². The fourth-order valence-corrected chi connectivity index (χ4v) is 1.85. The van der Waals surface area contributed by atoms with Gasteiger partial charge in [-0.2, -0.15) is 0 Å². The van der Waals surface area contributed by atoms with E-state index in [1.54, 1.807) is 7.05 Å². The molecule has 5 nitrogen and oxygen atoms in total. The molecule has 0 heterocycles. The van der Waals surface area contributed by atoms with Crippen LogP contribution in [0.1, 0.15) is 24.0 Å². The molecule has 0 bridgehead atoms. The van der Waals surface area contributed by atoms with Crippen LogP contribution in [-0.2, 0) is 9.59 Å². The zero-order valence-corrected chi connectivity index (χ0v) is 12.2. The number of carboxylic acids is 1. The number of benzene rings is 1. The summed E-state index contributed by atoms with van der Waals surface area (Å²) < 4.78 is 5.60. The largest absolute Gasteiger partial charge is 0.492 e. The van der Waals surface area contributed by atoms with Crippen molar-refractivity contribution in [3.8, 4) is 5.75 Å². The molecule has 0 aliphatic heterocycles. The van der Waals surface area contributed by atoms with E-state index < -0.39 is 5.97 Å². The van der Waals surface area contributed by atoms with E-state index >= 15 is 0 Å². The van der Waals surface area contributed by atoms with Gasteiger partial charge in [-0.25, -0.2) is 0 Å². The molecule has 0 aliphatic rings. The van der Waals surface area contributed by atoms with Gasteiger partial charge >= 0.3 is 5.97 Å². The third kappa shape index (κ3) is 5.73. The van der Waals surface area contributed by atoms with E-state index in [0.717, 1.165) is 16.9 Å². The monoisotopic (exact) mass is 279 g/mol. The Bertz CT molecular complexity index is 465. The Kier molecular flexibility index (Phi) is 6.03. The molecule has 20 heavy (non-hydrogen) atoms. The number of likely N-dealkylation sites (N-methyl/N-ethyl adjacent to an activating group) is 1. The lowest BCUT2D eigenvalue weighted by Crippen LogP contribution is -2.31. The number of aryl methyl sites for hydroxylation is 2. The van der Waals surface area contributed by atoms with Crippen LogP contribution in [-0.4, -0.2) is 42.1 Å². The van der Waals surface area contributed by atoms with Crippen LogP contribution in [0.25, 0.3) is 0 Å². The lowest BCUT2D eigenvalue weighted by molar-refractivity contribution is -0.140. The third-order valence-corrected chi connectivity index (χ3v) is 2.87. The molecule has 110 valence electrons. The minimum atomic E-state index is -0.960. The first kappa shape index (κ1) is 16.0. The van der Waals surface area contributed by atoms with E-state index in [2.05, 4.69) is 6.07 Å². The highest BCUT2D eigenvalue weighted by Gasteiger charge is 2.10. The molecular weight excluding hydrogens is 258 g/mol. The minimum absolute atomic E-state index is 0.0232. The topological polar surface area (TPSA) is 66.8 Å². The summed E-state index contributed by atoms with van der Waals surface area (Å²) in [5.41, 5.74) is 2.26. The molecule has 0 aliphatic carbocycles. The minimum Gasteiger partial charge on any atom is -0.492 e. The van der Waals surface area contributed by atoms with Gasteiger partial charge in [-0.3, -0.25) is 9.59 Å². The molecule has 0 unspecified atom stereocenters. The average molecular weight is 279 g/mol. The lowest BCUT2D eigenvalue weighted by atomic mass is 10.1. The van der Waals surface area contributed by atoms with Crippen LogP contribution in [0.4, 0.5) is 0 Å². The average Bonchev–Trinajstić information content (AvgIpc) is 2.34. The number of rotatable bonds is 7. The lowest BCUT2D eigenvalue weighted by Gasteiger charge is -2.17. The van der Waals surface area contributed by atoms with Gasteiger partial charge in [0.1, 0.15) is 12.4 Å². The van der Waals surface area contributed by atoms with Crippen molar-refractivity contribution in [1.29, 1.82) is 0 Å². The number of hydrogen-bond donors (Lipinski definition) is 1. The number of amides is 1. The molecule has 1 aromatic carbocycles. The van der Waals surface area contributed by atoms with E-state index in [1.165, 1.54) is 4.90 Å². The van der Waals surface area contributed by atoms with Gasteiger partial charge in [0.25, 0.3) is 0 Å². The number of aliphatic carboxylic acids is 1. The molecule has 0 fully saturated rings. The number of hydrogen-bond acceptors (Lipinski definition) is 3. The quantitative estimate of drug-likeness (QED) is 0.829. The standard InChI is InChI=1S/C15H21NO4/c1-11-8-12(2)10-13(9-11)20-7-6-16(3)14(17)4-5-15(18)19/h8-10H,4-7H2,1-3H3,(H,18,19). The zero-order valence-electron chi connectivity index (χ0n) is 12.2. The van der Waals surface area contributed by atoms with E-state index in [4.69, 9.17) is 9.84 Å². The van der Waals surface area contributed by atoms with Crippen molar-refractivity contribution in [2.24, 2.45) is 0 Å². The van der Waals surface area contributed by atoms with E-state index in [1.807, 2.05) is 26.0 Å². The number of nitrogens with zero attached hydrogens (tertiary/aromatic N) is 1. The van der Waals surface area contributed by atoms with Crippen molar-refractivity contribution in [2.75, 3.05) is 20.2 Å².